The van der Waals surface area contributed by atoms with Crippen LogP contribution in [0.2, 0.25) is 0 Å². The van der Waals surface area contributed by atoms with Crippen molar-refractivity contribution in [3.05, 3.63) is 41.2 Å². The van der Waals surface area contributed by atoms with Crippen molar-refractivity contribution in [1.29, 1.82) is 0 Å². The third kappa shape index (κ3) is 2.82. The van der Waals surface area contributed by atoms with E-state index < -0.39 is 6.10 Å². The molecule has 0 amide bonds. The molecule has 1 heterocycles. The SMILES string of the molecule is Cc1nonc1COc1ccc(C(C)O)cc1. The van der Waals surface area contributed by atoms with Gasteiger partial charge in [-0.3, -0.25) is 0 Å². The van der Waals surface area contributed by atoms with Gasteiger partial charge in [0.1, 0.15) is 23.7 Å². The van der Waals surface area contributed by atoms with Crippen molar-refractivity contribution >= 4 is 0 Å². The molecule has 1 atom stereocenters. The van der Waals surface area contributed by atoms with E-state index >= 15 is 0 Å². The standard InChI is InChI=1S/C12H14N2O3/c1-8-12(14-17-13-8)7-16-11-5-3-10(4-6-11)9(2)15/h3-6,9,15H,7H2,1-2H3. The molecule has 0 aliphatic heterocycles. The molecule has 0 spiro atoms. The lowest BCUT2D eigenvalue weighted by Gasteiger charge is -2.07. The first-order valence-corrected chi connectivity index (χ1v) is 5.35. The van der Waals surface area contributed by atoms with E-state index in [1.807, 2.05) is 31.2 Å². The van der Waals surface area contributed by atoms with Crippen LogP contribution in [0, 0.1) is 6.92 Å². The number of aryl methyl sites for hydroxylation is 1. The molecule has 0 fully saturated rings. The van der Waals surface area contributed by atoms with E-state index in [0.29, 0.717) is 12.3 Å². The second-order valence-electron chi connectivity index (χ2n) is 3.83. The van der Waals surface area contributed by atoms with Gasteiger partial charge in [0.05, 0.1) is 6.10 Å². The molecule has 0 saturated carbocycles. The molecule has 0 aliphatic rings. The van der Waals surface area contributed by atoms with Gasteiger partial charge in [-0.15, -0.1) is 0 Å². The number of hydrogen-bond acceptors (Lipinski definition) is 5. The maximum absolute atomic E-state index is 9.36. The first kappa shape index (κ1) is 11.6. The van der Waals surface area contributed by atoms with Crippen LogP contribution >= 0.6 is 0 Å². The van der Waals surface area contributed by atoms with Crippen LogP contribution in [0.5, 0.6) is 5.75 Å². The van der Waals surface area contributed by atoms with Crippen molar-refractivity contribution in [2.24, 2.45) is 0 Å². The molecular weight excluding hydrogens is 220 g/mol. The molecule has 2 rings (SSSR count). The minimum atomic E-state index is -0.467. The fraction of sp³-hybridized carbons (Fsp3) is 0.333. The summed E-state index contributed by atoms with van der Waals surface area (Å²) >= 11 is 0. The van der Waals surface area contributed by atoms with Gasteiger partial charge >= 0.3 is 0 Å². The summed E-state index contributed by atoms with van der Waals surface area (Å²) in [7, 11) is 0. The van der Waals surface area contributed by atoms with Gasteiger partial charge in [0.25, 0.3) is 0 Å². The summed E-state index contributed by atoms with van der Waals surface area (Å²) in [5, 5.41) is 16.8. The Bertz CT molecular complexity index is 477. The minimum Gasteiger partial charge on any atom is -0.487 e. The second-order valence-corrected chi connectivity index (χ2v) is 3.83. The average molecular weight is 234 g/mol. The van der Waals surface area contributed by atoms with Crippen molar-refractivity contribution in [3.63, 3.8) is 0 Å². The Morgan fingerprint density at radius 3 is 2.53 bits per heavy atom. The van der Waals surface area contributed by atoms with E-state index in [1.54, 1.807) is 6.92 Å². The van der Waals surface area contributed by atoms with Gasteiger partial charge in [-0.05, 0) is 31.5 Å². The van der Waals surface area contributed by atoms with Gasteiger partial charge in [0.15, 0.2) is 0 Å². The fourth-order valence-corrected chi connectivity index (χ4v) is 1.37. The highest BCUT2D eigenvalue weighted by molar-refractivity contribution is 5.28. The molecule has 0 aliphatic carbocycles. The van der Waals surface area contributed by atoms with Gasteiger partial charge < -0.3 is 9.84 Å². The van der Waals surface area contributed by atoms with Gasteiger partial charge in [0.2, 0.25) is 0 Å². The molecule has 0 bridgehead atoms. The number of nitrogens with zero attached hydrogens (tertiary/aromatic N) is 2. The zero-order chi connectivity index (χ0) is 12.3. The number of aliphatic hydroxyl groups excluding tert-OH is 1. The number of benzene rings is 1. The number of rotatable bonds is 4. The van der Waals surface area contributed by atoms with Crippen LogP contribution < -0.4 is 4.74 Å². The van der Waals surface area contributed by atoms with Gasteiger partial charge in [-0.1, -0.05) is 22.4 Å². The molecule has 2 aromatic rings. The molecule has 90 valence electrons. The fourth-order valence-electron chi connectivity index (χ4n) is 1.37. The van der Waals surface area contributed by atoms with Crippen molar-refractivity contribution in [2.75, 3.05) is 0 Å². The number of ether oxygens (including phenoxy) is 1. The lowest BCUT2D eigenvalue weighted by atomic mass is 10.1. The molecule has 5 heteroatoms. The maximum Gasteiger partial charge on any atom is 0.145 e. The van der Waals surface area contributed by atoms with Crippen molar-refractivity contribution in [1.82, 2.24) is 10.3 Å². The van der Waals surface area contributed by atoms with Crippen molar-refractivity contribution in [3.8, 4) is 5.75 Å². The zero-order valence-corrected chi connectivity index (χ0v) is 9.75. The largest absolute Gasteiger partial charge is 0.487 e. The van der Waals surface area contributed by atoms with Gasteiger partial charge in [-0.25, -0.2) is 4.63 Å². The lowest BCUT2D eigenvalue weighted by Crippen LogP contribution is -1.98. The van der Waals surface area contributed by atoms with E-state index in [4.69, 9.17) is 4.74 Å². The monoisotopic (exact) mass is 234 g/mol. The number of hydrogen-bond donors (Lipinski definition) is 1. The number of aliphatic hydroxyl groups is 1. The molecular formula is C12H14N2O3. The highest BCUT2D eigenvalue weighted by atomic mass is 16.6. The smallest absolute Gasteiger partial charge is 0.145 e. The van der Waals surface area contributed by atoms with Crippen molar-refractivity contribution in [2.45, 2.75) is 26.6 Å². The Morgan fingerprint density at radius 1 is 1.29 bits per heavy atom. The summed E-state index contributed by atoms with van der Waals surface area (Å²) in [5.41, 5.74) is 2.27. The Kier molecular flexibility index (Phi) is 3.39. The molecule has 0 saturated heterocycles. The van der Waals surface area contributed by atoms with E-state index in [0.717, 1.165) is 17.0 Å². The Hall–Kier alpha value is -1.88. The quantitative estimate of drug-likeness (QED) is 0.876. The van der Waals surface area contributed by atoms with Crippen molar-refractivity contribution < 1.29 is 14.5 Å². The average Bonchev–Trinajstić information content (AvgIpc) is 2.73. The van der Waals surface area contributed by atoms with Crippen LogP contribution in [0.3, 0.4) is 0 Å². The lowest BCUT2D eigenvalue weighted by molar-refractivity contribution is 0.199. The zero-order valence-electron chi connectivity index (χ0n) is 9.75. The van der Waals surface area contributed by atoms with Crippen LogP contribution in [0.15, 0.2) is 28.9 Å². The van der Waals surface area contributed by atoms with Crippen LogP contribution in [-0.2, 0) is 6.61 Å². The molecule has 17 heavy (non-hydrogen) atoms. The summed E-state index contributed by atoms with van der Waals surface area (Å²) in [4.78, 5) is 0. The normalized spacial score (nSPS) is 12.4. The summed E-state index contributed by atoms with van der Waals surface area (Å²) in [6.07, 6.45) is -0.467. The Labute approximate surface area is 99.0 Å². The third-order valence-electron chi connectivity index (χ3n) is 2.48. The predicted molar refractivity (Wildman–Crippen MR) is 60.4 cm³/mol. The summed E-state index contributed by atoms with van der Waals surface area (Å²) in [5.74, 6) is 0.719. The van der Waals surface area contributed by atoms with Crippen LogP contribution in [0.4, 0.5) is 0 Å². The second kappa shape index (κ2) is 4.97. The molecule has 1 unspecified atom stereocenters. The molecule has 5 nitrogen and oxygen atoms in total. The van der Waals surface area contributed by atoms with E-state index in [-0.39, 0.29) is 0 Å². The number of aromatic nitrogens is 2. The summed E-state index contributed by atoms with van der Waals surface area (Å²) < 4.78 is 10.1. The van der Waals surface area contributed by atoms with Crippen LogP contribution in [0.1, 0.15) is 30.0 Å². The Balaban J connectivity index is 1.98. The van der Waals surface area contributed by atoms with E-state index in [1.165, 1.54) is 0 Å². The molecule has 1 aromatic carbocycles. The topological polar surface area (TPSA) is 68.4 Å². The highest BCUT2D eigenvalue weighted by Crippen LogP contribution is 2.18. The molecule has 1 N–H and O–H groups in total. The first-order chi connectivity index (χ1) is 8.16. The Morgan fingerprint density at radius 2 is 2.00 bits per heavy atom. The predicted octanol–water partition coefficient (Wildman–Crippen LogP) is 2.01. The minimum absolute atomic E-state index is 0.323. The van der Waals surface area contributed by atoms with Crippen LogP contribution in [-0.4, -0.2) is 15.4 Å². The summed E-state index contributed by atoms with van der Waals surface area (Å²) in [6, 6.07) is 7.28. The third-order valence-corrected chi connectivity index (χ3v) is 2.48. The molecule has 1 aromatic heterocycles. The van der Waals surface area contributed by atoms with Crippen LogP contribution in [0.25, 0.3) is 0 Å². The first-order valence-electron chi connectivity index (χ1n) is 5.35. The highest BCUT2D eigenvalue weighted by Gasteiger charge is 2.06. The summed E-state index contributed by atoms with van der Waals surface area (Å²) in [6.45, 7) is 3.86. The van der Waals surface area contributed by atoms with E-state index in [9.17, 15) is 5.11 Å². The van der Waals surface area contributed by atoms with E-state index in [2.05, 4.69) is 14.9 Å². The molecule has 0 radical (unpaired) electrons. The van der Waals surface area contributed by atoms with Gasteiger partial charge in [0, 0.05) is 0 Å². The van der Waals surface area contributed by atoms with Gasteiger partial charge in [-0.2, -0.15) is 0 Å². The maximum atomic E-state index is 9.36.